The molecular weight excluding hydrogens is 238 g/mol. The van der Waals surface area contributed by atoms with E-state index in [1.807, 2.05) is 43.1 Å². The lowest BCUT2D eigenvalue weighted by atomic mass is 10.1. The Kier molecular flexibility index (Phi) is 4.93. The lowest BCUT2D eigenvalue weighted by Gasteiger charge is -2.27. The van der Waals surface area contributed by atoms with Crippen LogP contribution in [-0.4, -0.2) is 30.4 Å². The molecule has 0 aliphatic carbocycles. The van der Waals surface area contributed by atoms with Gasteiger partial charge in [0, 0.05) is 17.6 Å². The van der Waals surface area contributed by atoms with E-state index in [1.165, 1.54) is 0 Å². The minimum Gasteiger partial charge on any atom is -0.368 e. The van der Waals surface area contributed by atoms with Gasteiger partial charge in [-0.05, 0) is 25.6 Å². The third kappa shape index (κ3) is 3.70. The Morgan fingerprint density at radius 3 is 2.59 bits per heavy atom. The Hall–Kier alpha value is -1.10. The summed E-state index contributed by atoms with van der Waals surface area (Å²) in [5.74, 6) is -0.497. The zero-order valence-electron chi connectivity index (χ0n) is 10.1. The van der Waals surface area contributed by atoms with Gasteiger partial charge in [-0.25, -0.2) is 0 Å². The zero-order chi connectivity index (χ0) is 13.0. The van der Waals surface area contributed by atoms with Crippen LogP contribution in [0.1, 0.15) is 18.5 Å². The molecule has 94 valence electrons. The highest BCUT2D eigenvalue weighted by atomic mass is 35.5. The fourth-order valence-corrected chi connectivity index (χ4v) is 1.90. The van der Waals surface area contributed by atoms with E-state index in [4.69, 9.17) is 23.1 Å². The molecule has 0 saturated carbocycles. The summed E-state index contributed by atoms with van der Waals surface area (Å²) in [6, 6.07) is 7.03. The van der Waals surface area contributed by atoms with Crippen LogP contribution < -0.4 is 11.5 Å². The number of primary amides is 1. The van der Waals surface area contributed by atoms with E-state index in [9.17, 15) is 4.79 Å². The molecule has 5 heteroatoms. The first-order chi connectivity index (χ1) is 7.93. The maximum absolute atomic E-state index is 10.9. The fourth-order valence-electron chi connectivity index (χ4n) is 1.61. The van der Waals surface area contributed by atoms with E-state index in [0.29, 0.717) is 11.6 Å². The molecule has 2 unspecified atom stereocenters. The first-order valence-corrected chi connectivity index (χ1v) is 5.81. The molecular formula is C12H18ClN3O. The van der Waals surface area contributed by atoms with Crippen molar-refractivity contribution >= 4 is 17.5 Å². The maximum atomic E-state index is 10.9. The Balaban J connectivity index is 2.73. The van der Waals surface area contributed by atoms with E-state index in [-0.39, 0.29) is 6.04 Å². The molecule has 17 heavy (non-hydrogen) atoms. The molecule has 0 saturated heterocycles. The Morgan fingerprint density at radius 2 is 2.06 bits per heavy atom. The number of hydrogen-bond donors (Lipinski definition) is 2. The van der Waals surface area contributed by atoms with Crippen LogP contribution >= 0.6 is 11.6 Å². The van der Waals surface area contributed by atoms with E-state index >= 15 is 0 Å². The van der Waals surface area contributed by atoms with Crippen LogP contribution in [0.25, 0.3) is 0 Å². The molecule has 0 aromatic heterocycles. The minimum atomic E-state index is -0.662. The smallest absolute Gasteiger partial charge is 0.235 e. The Bertz CT molecular complexity index is 397. The number of nitrogens with zero attached hydrogens (tertiary/aromatic N) is 1. The summed E-state index contributed by atoms with van der Waals surface area (Å²) in [5, 5.41) is 0.708. The van der Waals surface area contributed by atoms with Gasteiger partial charge in [-0.15, -0.1) is 0 Å². The molecule has 0 spiro atoms. The topological polar surface area (TPSA) is 72.3 Å². The van der Waals surface area contributed by atoms with Crippen LogP contribution in [0.4, 0.5) is 0 Å². The molecule has 1 aromatic carbocycles. The second-order valence-electron chi connectivity index (χ2n) is 4.15. The summed E-state index contributed by atoms with van der Waals surface area (Å²) in [4.78, 5) is 12.9. The highest BCUT2D eigenvalue weighted by molar-refractivity contribution is 6.31. The molecule has 1 aromatic rings. The molecule has 0 aliphatic heterocycles. The van der Waals surface area contributed by atoms with Crippen molar-refractivity contribution in [3.63, 3.8) is 0 Å². The van der Waals surface area contributed by atoms with Gasteiger partial charge < -0.3 is 11.5 Å². The summed E-state index contributed by atoms with van der Waals surface area (Å²) >= 11 is 6.11. The van der Waals surface area contributed by atoms with Crippen molar-refractivity contribution in [2.45, 2.75) is 19.0 Å². The van der Waals surface area contributed by atoms with Gasteiger partial charge in [-0.2, -0.15) is 0 Å². The van der Waals surface area contributed by atoms with E-state index in [0.717, 1.165) is 5.56 Å². The Morgan fingerprint density at radius 1 is 1.47 bits per heavy atom. The fraction of sp³-hybridized carbons (Fsp3) is 0.417. The number of halogens is 1. The summed E-state index contributed by atoms with van der Waals surface area (Å²) in [6.45, 7) is 2.41. The van der Waals surface area contributed by atoms with Gasteiger partial charge in [0.15, 0.2) is 0 Å². The third-order valence-electron chi connectivity index (χ3n) is 2.87. The first kappa shape index (κ1) is 14.0. The van der Waals surface area contributed by atoms with Crippen LogP contribution in [-0.2, 0) is 4.79 Å². The summed E-state index contributed by atoms with van der Waals surface area (Å²) in [6.07, 6.45) is 0. The quantitative estimate of drug-likeness (QED) is 0.829. The van der Waals surface area contributed by atoms with Gasteiger partial charge in [-0.3, -0.25) is 9.69 Å². The van der Waals surface area contributed by atoms with Crippen molar-refractivity contribution in [1.29, 1.82) is 0 Å². The van der Waals surface area contributed by atoms with Crippen molar-refractivity contribution in [3.8, 4) is 0 Å². The van der Waals surface area contributed by atoms with Gasteiger partial charge in [0.2, 0.25) is 5.91 Å². The van der Waals surface area contributed by atoms with Crippen LogP contribution in [0, 0.1) is 0 Å². The number of nitrogens with two attached hydrogens (primary N) is 2. The second-order valence-corrected chi connectivity index (χ2v) is 4.55. The van der Waals surface area contributed by atoms with Gasteiger partial charge in [0.25, 0.3) is 0 Å². The monoisotopic (exact) mass is 255 g/mol. The predicted molar refractivity (Wildman–Crippen MR) is 69.7 cm³/mol. The van der Waals surface area contributed by atoms with Crippen molar-refractivity contribution in [3.05, 3.63) is 34.9 Å². The normalized spacial score (nSPS) is 14.6. The number of carbonyl (C=O) groups excluding carboxylic acids is 1. The van der Waals surface area contributed by atoms with Gasteiger partial charge >= 0.3 is 0 Å². The first-order valence-electron chi connectivity index (χ1n) is 5.43. The molecule has 4 N–H and O–H groups in total. The molecule has 0 bridgehead atoms. The molecule has 0 heterocycles. The second kappa shape index (κ2) is 6.00. The zero-order valence-corrected chi connectivity index (χ0v) is 10.8. The highest BCUT2D eigenvalue weighted by Crippen LogP contribution is 2.25. The summed E-state index contributed by atoms with van der Waals surface area (Å²) in [7, 11) is 1.89. The average Bonchev–Trinajstić information content (AvgIpc) is 2.28. The van der Waals surface area contributed by atoms with Crippen LogP contribution in [0.15, 0.2) is 24.3 Å². The number of benzene rings is 1. The number of carbonyl (C=O) groups is 1. The largest absolute Gasteiger partial charge is 0.368 e. The van der Waals surface area contributed by atoms with E-state index < -0.39 is 11.9 Å². The van der Waals surface area contributed by atoms with Crippen molar-refractivity contribution in [1.82, 2.24) is 4.90 Å². The van der Waals surface area contributed by atoms with Gasteiger partial charge in [-0.1, -0.05) is 29.8 Å². The number of likely N-dealkylation sites (N-methyl/N-ethyl adjacent to an activating group) is 1. The molecule has 4 nitrogen and oxygen atoms in total. The maximum Gasteiger partial charge on any atom is 0.235 e. The Labute approximate surface area is 107 Å². The van der Waals surface area contributed by atoms with Crippen molar-refractivity contribution in [2.75, 3.05) is 13.6 Å². The molecule has 2 atom stereocenters. The van der Waals surface area contributed by atoms with Crippen molar-refractivity contribution < 1.29 is 4.79 Å². The lowest BCUT2D eigenvalue weighted by Crippen LogP contribution is -2.45. The molecule has 0 fully saturated rings. The number of rotatable bonds is 5. The summed E-state index contributed by atoms with van der Waals surface area (Å²) in [5.41, 5.74) is 11.8. The molecule has 1 amide bonds. The average molecular weight is 256 g/mol. The van der Waals surface area contributed by atoms with Crippen molar-refractivity contribution in [2.24, 2.45) is 11.5 Å². The number of amides is 1. The SMILES string of the molecule is CC(c1ccccc1Cl)N(C)CC(N)C(N)=O. The standard InChI is InChI=1S/C12H18ClN3O/c1-8(9-5-3-4-6-10(9)13)16(2)7-11(14)12(15)17/h3-6,8,11H,7,14H2,1-2H3,(H2,15,17). The van der Waals surface area contributed by atoms with Gasteiger partial charge in [0.1, 0.15) is 0 Å². The molecule has 0 aliphatic rings. The molecule has 1 rings (SSSR count). The van der Waals surface area contributed by atoms with E-state index in [1.54, 1.807) is 0 Å². The number of hydrogen-bond acceptors (Lipinski definition) is 3. The van der Waals surface area contributed by atoms with Crippen LogP contribution in [0.3, 0.4) is 0 Å². The van der Waals surface area contributed by atoms with Gasteiger partial charge in [0.05, 0.1) is 6.04 Å². The third-order valence-corrected chi connectivity index (χ3v) is 3.21. The summed E-state index contributed by atoms with van der Waals surface area (Å²) < 4.78 is 0. The molecule has 0 radical (unpaired) electrons. The highest BCUT2D eigenvalue weighted by Gasteiger charge is 2.18. The minimum absolute atomic E-state index is 0.0779. The lowest BCUT2D eigenvalue weighted by molar-refractivity contribution is -0.119. The predicted octanol–water partition coefficient (Wildman–Crippen LogP) is 1.15. The van der Waals surface area contributed by atoms with Crippen LogP contribution in [0.5, 0.6) is 0 Å². The van der Waals surface area contributed by atoms with E-state index in [2.05, 4.69) is 0 Å². The van der Waals surface area contributed by atoms with Crippen LogP contribution in [0.2, 0.25) is 5.02 Å².